The van der Waals surface area contributed by atoms with Crippen LogP contribution >= 0.6 is 0 Å². The number of fused-ring (bicyclic) bond motifs is 1. The maximum absolute atomic E-state index is 14.0. The molecule has 1 heterocycles. The van der Waals surface area contributed by atoms with Crippen molar-refractivity contribution in [3.8, 4) is 11.5 Å². The summed E-state index contributed by atoms with van der Waals surface area (Å²) in [6.45, 7) is 0. The Hall–Kier alpha value is -2.96. The van der Waals surface area contributed by atoms with E-state index in [0.717, 1.165) is 12.1 Å². The number of ether oxygens (including phenoxy) is 1. The van der Waals surface area contributed by atoms with Crippen LogP contribution in [0, 0.1) is 0 Å². The third kappa shape index (κ3) is 2.93. The van der Waals surface area contributed by atoms with Crippen LogP contribution in [0.1, 0.15) is 11.1 Å². The van der Waals surface area contributed by atoms with Gasteiger partial charge in [0.25, 0.3) is 0 Å². The number of carboxylic acid groups (broad SMARTS) is 1. The Labute approximate surface area is 140 Å². The first-order valence-corrected chi connectivity index (χ1v) is 7.31. The van der Waals surface area contributed by atoms with Crippen molar-refractivity contribution in [2.45, 2.75) is 18.2 Å². The van der Waals surface area contributed by atoms with E-state index in [1.165, 1.54) is 36.4 Å². The lowest BCUT2D eigenvalue weighted by molar-refractivity contribution is -0.235. The van der Waals surface area contributed by atoms with Crippen molar-refractivity contribution in [2.24, 2.45) is 0 Å². The second-order valence-electron chi connectivity index (χ2n) is 5.67. The highest BCUT2D eigenvalue weighted by molar-refractivity contribution is 5.96. The summed E-state index contributed by atoms with van der Waals surface area (Å²) in [5.74, 6) is -1.98. The molecular weight excluding hydrogens is 337 g/mol. The summed E-state index contributed by atoms with van der Waals surface area (Å²) in [6.07, 6.45) is -4.79. The molecule has 0 saturated carbocycles. The van der Waals surface area contributed by atoms with Gasteiger partial charge >= 0.3 is 12.1 Å². The quantitative estimate of drug-likeness (QED) is 0.884. The van der Waals surface area contributed by atoms with Crippen LogP contribution in [0.15, 0.2) is 54.1 Å². The first kappa shape index (κ1) is 16.9. The van der Waals surface area contributed by atoms with E-state index in [-0.39, 0.29) is 22.6 Å². The summed E-state index contributed by atoms with van der Waals surface area (Å²) in [4.78, 5) is 11.6. The lowest BCUT2D eigenvalue weighted by atomic mass is 9.82. The summed E-state index contributed by atoms with van der Waals surface area (Å²) in [7, 11) is 0. The highest BCUT2D eigenvalue weighted by Crippen LogP contribution is 2.47. The second kappa shape index (κ2) is 5.84. The van der Waals surface area contributed by atoms with Gasteiger partial charge in [-0.1, -0.05) is 30.3 Å². The number of alkyl halides is 3. The predicted molar refractivity (Wildman–Crippen MR) is 83.3 cm³/mol. The Morgan fingerprint density at radius 2 is 1.84 bits per heavy atom. The smallest absolute Gasteiger partial charge is 0.433 e. The summed E-state index contributed by atoms with van der Waals surface area (Å²) < 4.78 is 47.2. The van der Waals surface area contributed by atoms with Crippen LogP contribution in [0.2, 0.25) is 0 Å². The highest BCUT2D eigenvalue weighted by Gasteiger charge is 2.63. The van der Waals surface area contributed by atoms with E-state index in [4.69, 9.17) is 4.74 Å². The molecule has 4 nitrogen and oxygen atoms in total. The lowest BCUT2D eigenvalue weighted by Gasteiger charge is -2.39. The summed E-state index contributed by atoms with van der Waals surface area (Å²) in [5.41, 5.74) is -3.59. The topological polar surface area (TPSA) is 66.8 Å². The van der Waals surface area contributed by atoms with E-state index in [1.807, 2.05) is 0 Å². The Kier molecular flexibility index (Phi) is 3.94. The number of phenols is 1. The van der Waals surface area contributed by atoms with Crippen molar-refractivity contribution in [1.82, 2.24) is 0 Å². The Balaban J connectivity index is 2.19. The van der Waals surface area contributed by atoms with E-state index >= 15 is 0 Å². The van der Waals surface area contributed by atoms with Gasteiger partial charge in [-0.15, -0.1) is 0 Å². The second-order valence-corrected chi connectivity index (χ2v) is 5.67. The molecule has 0 spiro atoms. The zero-order valence-corrected chi connectivity index (χ0v) is 12.7. The minimum Gasteiger partial charge on any atom is -0.508 e. The number of carbonyl (C=O) groups is 1. The van der Waals surface area contributed by atoms with E-state index in [1.54, 1.807) is 6.07 Å². The number of carboxylic acids is 1. The number of hydrogen-bond donors (Lipinski definition) is 2. The fourth-order valence-electron chi connectivity index (χ4n) is 2.84. The number of aliphatic carboxylic acids is 1. The van der Waals surface area contributed by atoms with Gasteiger partial charge in [-0.25, -0.2) is 4.79 Å². The Morgan fingerprint density at radius 1 is 1.12 bits per heavy atom. The number of para-hydroxylation sites is 1. The average Bonchev–Trinajstić information content (AvgIpc) is 2.53. The SMILES string of the molecule is O=C(O)C1=Cc2ccccc2OC1(Cc1cccc(O)c1)C(F)(F)F. The molecule has 2 N–H and O–H groups in total. The van der Waals surface area contributed by atoms with Crippen LogP contribution < -0.4 is 4.74 Å². The van der Waals surface area contributed by atoms with Crippen molar-refractivity contribution >= 4 is 12.0 Å². The number of halogens is 3. The molecule has 0 amide bonds. The van der Waals surface area contributed by atoms with Crippen molar-refractivity contribution in [2.75, 3.05) is 0 Å². The highest BCUT2D eigenvalue weighted by atomic mass is 19.4. The van der Waals surface area contributed by atoms with Crippen LogP contribution in [-0.2, 0) is 11.2 Å². The van der Waals surface area contributed by atoms with Crippen molar-refractivity contribution in [1.29, 1.82) is 0 Å². The number of aromatic hydroxyl groups is 1. The van der Waals surface area contributed by atoms with Gasteiger partial charge in [-0.05, 0) is 29.8 Å². The van der Waals surface area contributed by atoms with Gasteiger partial charge in [0.05, 0.1) is 5.57 Å². The van der Waals surface area contributed by atoms with Crippen molar-refractivity contribution in [3.63, 3.8) is 0 Å². The number of rotatable bonds is 3. The molecule has 2 aromatic carbocycles. The molecule has 0 fully saturated rings. The molecule has 2 aromatic rings. The standard InChI is InChI=1S/C18H13F3O4/c19-18(20,21)17(10-11-4-3-6-13(22)8-11)14(16(23)24)9-12-5-1-2-7-15(12)25-17/h1-9,22H,10H2,(H,23,24). The van der Waals surface area contributed by atoms with E-state index < -0.39 is 29.7 Å². The Morgan fingerprint density at radius 3 is 2.48 bits per heavy atom. The van der Waals surface area contributed by atoms with Crippen LogP contribution in [-0.4, -0.2) is 28.0 Å². The minimum atomic E-state index is -4.99. The van der Waals surface area contributed by atoms with Crippen LogP contribution in [0.3, 0.4) is 0 Å². The molecule has 0 aliphatic carbocycles. The van der Waals surface area contributed by atoms with Crippen LogP contribution in [0.4, 0.5) is 13.2 Å². The molecule has 1 aliphatic rings. The molecule has 3 rings (SSSR count). The van der Waals surface area contributed by atoms with Crippen LogP contribution in [0.25, 0.3) is 6.08 Å². The molecule has 25 heavy (non-hydrogen) atoms. The molecule has 0 bridgehead atoms. The van der Waals surface area contributed by atoms with Gasteiger partial charge in [-0.3, -0.25) is 0 Å². The molecule has 1 aliphatic heterocycles. The molecule has 7 heteroatoms. The third-order valence-corrected chi connectivity index (χ3v) is 3.99. The molecule has 0 aromatic heterocycles. The van der Waals surface area contributed by atoms with Gasteiger partial charge < -0.3 is 14.9 Å². The molecule has 0 saturated heterocycles. The summed E-state index contributed by atoms with van der Waals surface area (Å²) in [5, 5.41) is 18.9. The zero-order valence-electron chi connectivity index (χ0n) is 12.7. The first-order valence-electron chi connectivity index (χ1n) is 7.31. The first-order chi connectivity index (χ1) is 11.7. The fourth-order valence-corrected chi connectivity index (χ4v) is 2.84. The maximum atomic E-state index is 14.0. The van der Waals surface area contributed by atoms with Gasteiger partial charge in [0.1, 0.15) is 11.5 Å². The van der Waals surface area contributed by atoms with Gasteiger partial charge in [0, 0.05) is 12.0 Å². The molecule has 1 atom stereocenters. The average molecular weight is 350 g/mol. The monoisotopic (exact) mass is 350 g/mol. The van der Waals surface area contributed by atoms with Gasteiger partial charge in [-0.2, -0.15) is 13.2 Å². The van der Waals surface area contributed by atoms with E-state index in [9.17, 15) is 28.2 Å². The van der Waals surface area contributed by atoms with Gasteiger partial charge in [0.2, 0.25) is 5.60 Å². The Bertz CT molecular complexity index is 857. The summed E-state index contributed by atoms with van der Waals surface area (Å²) in [6, 6.07) is 11.1. The zero-order chi connectivity index (χ0) is 18.2. The van der Waals surface area contributed by atoms with Crippen LogP contribution in [0.5, 0.6) is 11.5 Å². The summed E-state index contributed by atoms with van der Waals surface area (Å²) >= 11 is 0. The van der Waals surface area contributed by atoms with E-state index in [0.29, 0.717) is 0 Å². The van der Waals surface area contributed by atoms with Crippen molar-refractivity contribution < 1.29 is 32.9 Å². The minimum absolute atomic E-state index is 0.0509. The van der Waals surface area contributed by atoms with E-state index in [2.05, 4.69) is 0 Å². The lowest BCUT2D eigenvalue weighted by Crippen LogP contribution is -2.56. The number of hydrogen-bond acceptors (Lipinski definition) is 3. The predicted octanol–water partition coefficient (Wildman–Crippen LogP) is 3.80. The van der Waals surface area contributed by atoms with Crippen molar-refractivity contribution in [3.05, 3.63) is 65.2 Å². The molecule has 130 valence electrons. The molecule has 1 unspecified atom stereocenters. The van der Waals surface area contributed by atoms with Gasteiger partial charge in [0.15, 0.2) is 0 Å². The maximum Gasteiger partial charge on any atom is 0.433 e. The number of phenolic OH excluding ortho intramolecular Hbond substituents is 1. The largest absolute Gasteiger partial charge is 0.508 e. The third-order valence-electron chi connectivity index (χ3n) is 3.99. The normalized spacial score (nSPS) is 19.6. The number of benzene rings is 2. The molecular formula is C18H13F3O4. The molecule has 0 radical (unpaired) electrons. The fraction of sp³-hybridized carbons (Fsp3) is 0.167.